The van der Waals surface area contributed by atoms with Gasteiger partial charge in [0, 0.05) is 6.54 Å². The van der Waals surface area contributed by atoms with Crippen molar-refractivity contribution in [1.29, 1.82) is 0 Å². The molecule has 1 saturated carbocycles. The first kappa shape index (κ1) is 14.6. The molecule has 1 fully saturated rings. The Morgan fingerprint density at radius 3 is 2.60 bits per heavy atom. The number of carboxylic acid groups (broad SMARTS) is 1. The van der Waals surface area contributed by atoms with Crippen LogP contribution in [0.4, 0.5) is 0 Å². The molecule has 0 aromatic carbocycles. The molecule has 1 aliphatic rings. The molecule has 0 atom stereocenters. The standard InChI is InChI=1S/C14H20N2O4/c1-3-10-11(9(2)20-16-10)12(17)15-8-14(13(18)19)6-4-5-7-14/h3-8H2,1-2H3,(H,15,17)(H,18,19). The predicted octanol–water partition coefficient (Wildman–Crippen LogP) is 1.92. The number of aryl methyl sites for hydroxylation is 2. The number of carbonyl (C=O) groups excluding carboxylic acids is 1. The molecule has 6 heteroatoms. The highest BCUT2D eigenvalue weighted by atomic mass is 16.5. The SMILES string of the molecule is CCc1noc(C)c1C(=O)NCC1(C(=O)O)CCCC1. The third kappa shape index (κ3) is 2.55. The number of nitrogens with zero attached hydrogens (tertiary/aromatic N) is 1. The highest BCUT2D eigenvalue weighted by Crippen LogP contribution is 2.37. The van der Waals surface area contributed by atoms with Gasteiger partial charge in [0.2, 0.25) is 0 Å². The molecule has 0 radical (unpaired) electrons. The average molecular weight is 280 g/mol. The van der Waals surface area contributed by atoms with Gasteiger partial charge in [0.25, 0.3) is 5.91 Å². The first-order valence-electron chi connectivity index (χ1n) is 6.97. The van der Waals surface area contributed by atoms with E-state index in [-0.39, 0.29) is 12.5 Å². The normalized spacial score (nSPS) is 17.1. The van der Waals surface area contributed by atoms with E-state index in [4.69, 9.17) is 4.52 Å². The van der Waals surface area contributed by atoms with E-state index in [9.17, 15) is 14.7 Å². The molecule has 1 aliphatic carbocycles. The highest BCUT2D eigenvalue weighted by Gasteiger charge is 2.41. The van der Waals surface area contributed by atoms with Gasteiger partial charge in [-0.05, 0) is 26.2 Å². The van der Waals surface area contributed by atoms with Gasteiger partial charge in [-0.3, -0.25) is 9.59 Å². The van der Waals surface area contributed by atoms with Gasteiger partial charge in [0.05, 0.1) is 11.1 Å². The minimum atomic E-state index is -0.826. The fraction of sp³-hybridized carbons (Fsp3) is 0.643. The van der Waals surface area contributed by atoms with E-state index in [1.54, 1.807) is 6.92 Å². The third-order valence-corrected chi connectivity index (χ3v) is 4.10. The summed E-state index contributed by atoms with van der Waals surface area (Å²) in [5.74, 6) is -0.656. The Bertz CT molecular complexity index is 515. The van der Waals surface area contributed by atoms with E-state index >= 15 is 0 Å². The van der Waals surface area contributed by atoms with Crippen molar-refractivity contribution in [1.82, 2.24) is 10.5 Å². The molecule has 0 aliphatic heterocycles. The molecule has 1 heterocycles. The van der Waals surface area contributed by atoms with E-state index in [0.717, 1.165) is 12.8 Å². The number of nitrogens with one attached hydrogen (secondary N) is 1. The Morgan fingerprint density at radius 2 is 2.05 bits per heavy atom. The van der Waals surface area contributed by atoms with Gasteiger partial charge in [-0.25, -0.2) is 0 Å². The number of aliphatic carboxylic acids is 1. The van der Waals surface area contributed by atoms with Crippen molar-refractivity contribution in [2.45, 2.75) is 46.0 Å². The Morgan fingerprint density at radius 1 is 1.40 bits per heavy atom. The molecule has 2 rings (SSSR count). The Balaban J connectivity index is 2.08. The number of hydrogen-bond acceptors (Lipinski definition) is 4. The molecule has 0 spiro atoms. The summed E-state index contributed by atoms with van der Waals surface area (Å²) in [5, 5.41) is 16.0. The molecule has 1 amide bonds. The van der Waals surface area contributed by atoms with E-state index in [0.29, 0.717) is 36.3 Å². The van der Waals surface area contributed by atoms with E-state index < -0.39 is 11.4 Å². The third-order valence-electron chi connectivity index (χ3n) is 4.10. The topological polar surface area (TPSA) is 92.4 Å². The largest absolute Gasteiger partial charge is 0.481 e. The zero-order valence-corrected chi connectivity index (χ0v) is 11.9. The Kier molecular flexibility index (Phi) is 4.11. The number of carbonyl (C=O) groups is 2. The van der Waals surface area contributed by atoms with E-state index in [1.807, 2.05) is 6.92 Å². The molecule has 0 bridgehead atoms. The van der Waals surface area contributed by atoms with Crippen molar-refractivity contribution in [2.24, 2.45) is 5.41 Å². The van der Waals surface area contributed by atoms with Crippen LogP contribution < -0.4 is 5.32 Å². The van der Waals surface area contributed by atoms with Crippen LogP contribution >= 0.6 is 0 Å². The molecule has 6 nitrogen and oxygen atoms in total. The fourth-order valence-corrected chi connectivity index (χ4v) is 2.81. The fourth-order valence-electron chi connectivity index (χ4n) is 2.81. The lowest BCUT2D eigenvalue weighted by Gasteiger charge is -2.23. The highest BCUT2D eigenvalue weighted by molar-refractivity contribution is 5.96. The van der Waals surface area contributed by atoms with Crippen LogP contribution in [0, 0.1) is 12.3 Å². The Hall–Kier alpha value is -1.85. The summed E-state index contributed by atoms with van der Waals surface area (Å²) in [6.07, 6.45) is 3.63. The maximum Gasteiger partial charge on any atom is 0.311 e. The molecule has 1 aromatic rings. The summed E-state index contributed by atoms with van der Waals surface area (Å²) in [6, 6.07) is 0. The smallest absolute Gasteiger partial charge is 0.311 e. The lowest BCUT2D eigenvalue weighted by molar-refractivity contribution is -0.148. The van der Waals surface area contributed by atoms with Gasteiger partial charge >= 0.3 is 5.97 Å². The van der Waals surface area contributed by atoms with E-state index in [1.165, 1.54) is 0 Å². The Labute approximate surface area is 117 Å². The van der Waals surface area contributed by atoms with Crippen LogP contribution in [0.1, 0.15) is 54.4 Å². The first-order valence-corrected chi connectivity index (χ1v) is 6.97. The van der Waals surface area contributed by atoms with Crippen molar-refractivity contribution in [3.63, 3.8) is 0 Å². The molecule has 0 saturated heterocycles. The van der Waals surface area contributed by atoms with Crippen LogP contribution in [-0.2, 0) is 11.2 Å². The molecular weight excluding hydrogens is 260 g/mol. The van der Waals surface area contributed by atoms with Crippen molar-refractivity contribution < 1.29 is 19.2 Å². The molecule has 20 heavy (non-hydrogen) atoms. The first-order chi connectivity index (χ1) is 9.50. The predicted molar refractivity (Wildman–Crippen MR) is 71.5 cm³/mol. The second kappa shape index (κ2) is 5.64. The van der Waals surface area contributed by atoms with E-state index in [2.05, 4.69) is 10.5 Å². The second-order valence-electron chi connectivity index (χ2n) is 5.39. The van der Waals surface area contributed by atoms with Crippen LogP contribution in [0.2, 0.25) is 0 Å². The molecule has 2 N–H and O–H groups in total. The van der Waals surface area contributed by atoms with Gasteiger partial charge in [-0.15, -0.1) is 0 Å². The number of hydrogen-bond donors (Lipinski definition) is 2. The summed E-state index contributed by atoms with van der Waals surface area (Å²) in [5.41, 5.74) is 0.231. The summed E-state index contributed by atoms with van der Waals surface area (Å²) < 4.78 is 5.02. The lowest BCUT2D eigenvalue weighted by atomic mass is 9.86. The maximum atomic E-state index is 12.2. The van der Waals surface area contributed by atoms with Crippen LogP contribution in [0.3, 0.4) is 0 Å². The molecule has 1 aromatic heterocycles. The molecular formula is C14H20N2O4. The summed E-state index contributed by atoms with van der Waals surface area (Å²) >= 11 is 0. The van der Waals surface area contributed by atoms with Gasteiger partial charge in [-0.1, -0.05) is 24.9 Å². The van der Waals surface area contributed by atoms with Crippen molar-refractivity contribution in [3.8, 4) is 0 Å². The lowest BCUT2D eigenvalue weighted by Crippen LogP contribution is -2.41. The van der Waals surface area contributed by atoms with Gasteiger partial charge in [-0.2, -0.15) is 0 Å². The molecule has 110 valence electrons. The van der Waals surface area contributed by atoms with Crippen molar-refractivity contribution in [2.75, 3.05) is 6.54 Å². The van der Waals surface area contributed by atoms with Crippen molar-refractivity contribution >= 4 is 11.9 Å². The summed E-state index contributed by atoms with van der Waals surface area (Å²) in [6.45, 7) is 3.74. The summed E-state index contributed by atoms with van der Waals surface area (Å²) in [7, 11) is 0. The zero-order valence-electron chi connectivity index (χ0n) is 11.9. The number of amides is 1. The quantitative estimate of drug-likeness (QED) is 0.859. The van der Waals surface area contributed by atoms with Crippen LogP contribution in [-0.4, -0.2) is 28.7 Å². The van der Waals surface area contributed by atoms with Gasteiger partial charge < -0.3 is 14.9 Å². The van der Waals surface area contributed by atoms with Crippen LogP contribution in [0.15, 0.2) is 4.52 Å². The van der Waals surface area contributed by atoms with Crippen LogP contribution in [0.5, 0.6) is 0 Å². The van der Waals surface area contributed by atoms with Crippen LogP contribution in [0.25, 0.3) is 0 Å². The monoisotopic (exact) mass is 280 g/mol. The number of aromatic nitrogens is 1. The van der Waals surface area contributed by atoms with Gasteiger partial charge in [0.1, 0.15) is 11.3 Å². The van der Waals surface area contributed by atoms with Gasteiger partial charge in [0.15, 0.2) is 0 Å². The van der Waals surface area contributed by atoms with Crippen molar-refractivity contribution in [3.05, 3.63) is 17.0 Å². The average Bonchev–Trinajstić information content (AvgIpc) is 3.03. The molecule has 0 unspecified atom stereocenters. The number of rotatable bonds is 5. The minimum absolute atomic E-state index is 0.162. The minimum Gasteiger partial charge on any atom is -0.481 e. The maximum absolute atomic E-state index is 12.2. The number of carboxylic acids is 1. The zero-order chi connectivity index (χ0) is 14.8. The second-order valence-corrected chi connectivity index (χ2v) is 5.39. The summed E-state index contributed by atoms with van der Waals surface area (Å²) in [4.78, 5) is 23.7.